The molecule has 0 saturated heterocycles. The third kappa shape index (κ3) is 2.24. The molecular weight excluding hydrogens is 264 g/mol. The maximum absolute atomic E-state index is 5.85. The Morgan fingerprint density at radius 2 is 2.00 bits per heavy atom. The number of aromatic nitrogens is 4. The summed E-state index contributed by atoms with van der Waals surface area (Å²) in [6, 6.07) is 5.84. The summed E-state index contributed by atoms with van der Waals surface area (Å²) >= 11 is 5.85. The highest BCUT2D eigenvalue weighted by atomic mass is 35.5. The van der Waals surface area contributed by atoms with Crippen molar-refractivity contribution in [2.45, 2.75) is 13.8 Å². The van der Waals surface area contributed by atoms with Crippen LogP contribution >= 0.6 is 11.6 Å². The van der Waals surface area contributed by atoms with Crippen LogP contribution in [0.15, 0.2) is 24.5 Å². The molecule has 0 spiro atoms. The molecule has 96 valence electrons. The zero-order valence-corrected chi connectivity index (χ0v) is 11.2. The van der Waals surface area contributed by atoms with E-state index in [9.17, 15) is 0 Å². The molecule has 0 aliphatic rings. The quantitative estimate of drug-likeness (QED) is 0.727. The van der Waals surface area contributed by atoms with Crippen molar-refractivity contribution >= 4 is 22.8 Å². The fourth-order valence-corrected chi connectivity index (χ4v) is 1.90. The maximum Gasteiger partial charge on any atom is 0.250 e. The van der Waals surface area contributed by atoms with Gasteiger partial charge in [0.2, 0.25) is 11.2 Å². The van der Waals surface area contributed by atoms with Crippen molar-refractivity contribution in [3.8, 4) is 11.6 Å². The summed E-state index contributed by atoms with van der Waals surface area (Å²) in [7, 11) is 0. The van der Waals surface area contributed by atoms with Gasteiger partial charge in [-0.05, 0) is 48.7 Å². The summed E-state index contributed by atoms with van der Waals surface area (Å²) in [6.45, 7) is 4.08. The van der Waals surface area contributed by atoms with Crippen molar-refractivity contribution in [2.24, 2.45) is 0 Å². The molecule has 2 heterocycles. The SMILES string of the molecule is Cc1ccc(Oc2nc(Cl)nc3nc[nH]c23)cc1C. The number of rotatable bonds is 2. The van der Waals surface area contributed by atoms with E-state index in [0.717, 1.165) is 5.56 Å². The molecule has 1 N–H and O–H groups in total. The number of nitrogens with zero attached hydrogens (tertiary/aromatic N) is 3. The van der Waals surface area contributed by atoms with Crippen LogP contribution in [0, 0.1) is 13.8 Å². The maximum atomic E-state index is 5.85. The van der Waals surface area contributed by atoms with Crippen LogP contribution < -0.4 is 4.74 Å². The number of fused-ring (bicyclic) bond motifs is 1. The summed E-state index contributed by atoms with van der Waals surface area (Å²) < 4.78 is 5.76. The first-order chi connectivity index (χ1) is 9.13. The molecule has 0 bridgehead atoms. The smallest absolute Gasteiger partial charge is 0.250 e. The Labute approximate surface area is 114 Å². The van der Waals surface area contributed by atoms with E-state index in [2.05, 4.69) is 19.9 Å². The number of halogens is 1. The van der Waals surface area contributed by atoms with Gasteiger partial charge in [-0.1, -0.05) is 6.07 Å². The fraction of sp³-hybridized carbons (Fsp3) is 0.154. The normalized spacial score (nSPS) is 10.9. The lowest BCUT2D eigenvalue weighted by Gasteiger charge is -2.07. The van der Waals surface area contributed by atoms with E-state index in [1.54, 1.807) is 0 Å². The van der Waals surface area contributed by atoms with Gasteiger partial charge < -0.3 is 9.72 Å². The molecule has 3 rings (SSSR count). The van der Waals surface area contributed by atoms with Crippen LogP contribution in [0.2, 0.25) is 5.28 Å². The average molecular weight is 275 g/mol. The minimum Gasteiger partial charge on any atom is -0.437 e. The first kappa shape index (κ1) is 11.9. The largest absolute Gasteiger partial charge is 0.437 e. The van der Waals surface area contributed by atoms with Gasteiger partial charge in [-0.3, -0.25) is 0 Å². The lowest BCUT2D eigenvalue weighted by atomic mass is 10.1. The summed E-state index contributed by atoms with van der Waals surface area (Å²) in [5.74, 6) is 1.07. The fourth-order valence-electron chi connectivity index (χ4n) is 1.74. The summed E-state index contributed by atoms with van der Waals surface area (Å²) in [5, 5.41) is 0.110. The highest BCUT2D eigenvalue weighted by Crippen LogP contribution is 2.27. The van der Waals surface area contributed by atoms with Gasteiger partial charge in [0.1, 0.15) is 11.3 Å². The molecule has 0 aliphatic heterocycles. The third-order valence-electron chi connectivity index (χ3n) is 2.92. The Hall–Kier alpha value is -2.14. The Bertz CT molecular complexity index is 753. The topological polar surface area (TPSA) is 63.7 Å². The van der Waals surface area contributed by atoms with Gasteiger partial charge in [0, 0.05) is 0 Å². The second-order valence-electron chi connectivity index (χ2n) is 4.25. The Morgan fingerprint density at radius 1 is 1.16 bits per heavy atom. The van der Waals surface area contributed by atoms with Crippen molar-refractivity contribution < 1.29 is 4.74 Å². The van der Waals surface area contributed by atoms with Crippen LogP contribution in [0.3, 0.4) is 0 Å². The van der Waals surface area contributed by atoms with E-state index in [1.807, 2.05) is 32.0 Å². The second kappa shape index (κ2) is 4.51. The monoisotopic (exact) mass is 274 g/mol. The molecule has 0 unspecified atom stereocenters. The molecule has 6 heteroatoms. The first-order valence-corrected chi connectivity index (χ1v) is 6.13. The average Bonchev–Trinajstić information content (AvgIpc) is 2.82. The van der Waals surface area contributed by atoms with Gasteiger partial charge in [-0.15, -0.1) is 0 Å². The van der Waals surface area contributed by atoms with Gasteiger partial charge >= 0.3 is 0 Å². The van der Waals surface area contributed by atoms with Crippen LogP contribution in [0.25, 0.3) is 11.2 Å². The van der Waals surface area contributed by atoms with Crippen LogP contribution in [-0.4, -0.2) is 19.9 Å². The van der Waals surface area contributed by atoms with Crippen molar-refractivity contribution in [3.05, 3.63) is 40.9 Å². The van der Waals surface area contributed by atoms with Gasteiger partial charge in [0.25, 0.3) is 0 Å². The molecule has 3 aromatic rings. The zero-order valence-electron chi connectivity index (χ0n) is 10.4. The first-order valence-electron chi connectivity index (χ1n) is 5.75. The van der Waals surface area contributed by atoms with Crippen molar-refractivity contribution in [3.63, 3.8) is 0 Å². The Balaban J connectivity index is 2.04. The molecule has 0 amide bonds. The second-order valence-corrected chi connectivity index (χ2v) is 4.59. The zero-order chi connectivity index (χ0) is 13.4. The molecule has 2 aromatic heterocycles. The Kier molecular flexibility index (Phi) is 2.83. The molecular formula is C13H11ClN4O. The van der Waals surface area contributed by atoms with Crippen LogP contribution in [0.5, 0.6) is 11.6 Å². The third-order valence-corrected chi connectivity index (χ3v) is 3.09. The highest BCUT2D eigenvalue weighted by Gasteiger charge is 2.11. The standard InChI is InChI=1S/C13H11ClN4O/c1-7-3-4-9(5-8(7)2)19-12-10-11(16-6-15-10)17-13(14)18-12/h3-6H,1-2H3,(H,15,16,17,18). The van der Waals surface area contributed by atoms with E-state index >= 15 is 0 Å². The van der Waals surface area contributed by atoms with E-state index in [1.165, 1.54) is 11.9 Å². The number of nitrogens with one attached hydrogen (secondary N) is 1. The predicted octanol–water partition coefficient (Wildman–Crippen LogP) is 3.42. The van der Waals surface area contributed by atoms with E-state index in [-0.39, 0.29) is 5.28 Å². The van der Waals surface area contributed by atoms with Crippen LogP contribution in [0.1, 0.15) is 11.1 Å². The number of hydrogen-bond donors (Lipinski definition) is 1. The molecule has 0 radical (unpaired) electrons. The minimum atomic E-state index is 0.110. The van der Waals surface area contributed by atoms with E-state index in [0.29, 0.717) is 22.8 Å². The molecule has 0 fully saturated rings. The Morgan fingerprint density at radius 3 is 2.79 bits per heavy atom. The highest BCUT2D eigenvalue weighted by molar-refractivity contribution is 6.28. The molecule has 0 atom stereocenters. The van der Waals surface area contributed by atoms with Crippen molar-refractivity contribution in [2.75, 3.05) is 0 Å². The molecule has 1 aromatic carbocycles. The van der Waals surface area contributed by atoms with Gasteiger partial charge in [-0.25, -0.2) is 4.98 Å². The molecule has 19 heavy (non-hydrogen) atoms. The van der Waals surface area contributed by atoms with E-state index in [4.69, 9.17) is 16.3 Å². The number of aryl methyl sites for hydroxylation is 2. The number of benzene rings is 1. The summed E-state index contributed by atoms with van der Waals surface area (Å²) in [5.41, 5.74) is 3.47. The minimum absolute atomic E-state index is 0.110. The predicted molar refractivity (Wildman–Crippen MR) is 72.7 cm³/mol. The van der Waals surface area contributed by atoms with Crippen molar-refractivity contribution in [1.82, 2.24) is 19.9 Å². The summed E-state index contributed by atoms with van der Waals surface area (Å²) in [4.78, 5) is 15.1. The number of aromatic amines is 1. The summed E-state index contributed by atoms with van der Waals surface area (Å²) in [6.07, 6.45) is 1.53. The molecule has 0 aliphatic carbocycles. The van der Waals surface area contributed by atoms with Crippen molar-refractivity contribution in [1.29, 1.82) is 0 Å². The number of ether oxygens (including phenoxy) is 1. The molecule has 5 nitrogen and oxygen atoms in total. The van der Waals surface area contributed by atoms with Crippen LogP contribution in [0.4, 0.5) is 0 Å². The molecule has 0 saturated carbocycles. The lowest BCUT2D eigenvalue weighted by Crippen LogP contribution is -1.93. The number of imidazole rings is 1. The van der Waals surface area contributed by atoms with Gasteiger partial charge in [-0.2, -0.15) is 9.97 Å². The number of H-pyrrole nitrogens is 1. The van der Waals surface area contributed by atoms with E-state index < -0.39 is 0 Å². The van der Waals surface area contributed by atoms with Crippen LogP contribution in [-0.2, 0) is 0 Å². The van der Waals surface area contributed by atoms with Gasteiger partial charge in [0.15, 0.2) is 5.65 Å². The lowest BCUT2D eigenvalue weighted by molar-refractivity contribution is 0.466. The number of hydrogen-bond acceptors (Lipinski definition) is 4. The van der Waals surface area contributed by atoms with Gasteiger partial charge in [0.05, 0.1) is 6.33 Å².